The predicted molar refractivity (Wildman–Crippen MR) is 100 cm³/mol. The van der Waals surface area contributed by atoms with Crippen molar-refractivity contribution in [1.82, 2.24) is 14.8 Å². The van der Waals surface area contributed by atoms with Crippen LogP contribution < -0.4 is 5.32 Å². The monoisotopic (exact) mass is 371 g/mol. The molecule has 0 bridgehead atoms. The van der Waals surface area contributed by atoms with E-state index in [0.29, 0.717) is 12.1 Å². The molecule has 3 amide bonds. The zero-order chi connectivity index (χ0) is 19.1. The fourth-order valence-electron chi connectivity index (χ4n) is 3.31. The molecule has 0 radical (unpaired) electrons. The predicted octanol–water partition coefficient (Wildman–Crippen LogP) is 3.00. The number of allylic oxidation sites excluding steroid dienone is 1. The van der Waals surface area contributed by atoms with E-state index in [1.807, 2.05) is 29.2 Å². The Balaban J connectivity index is 1.84. The number of aromatic nitrogens is 1. The van der Waals surface area contributed by atoms with Crippen molar-refractivity contribution in [2.45, 2.75) is 32.9 Å². The van der Waals surface area contributed by atoms with E-state index in [1.165, 1.54) is 11.3 Å². The number of nitrogens with one attached hydrogen (secondary N) is 1. The molecule has 1 atom stereocenters. The van der Waals surface area contributed by atoms with Crippen LogP contribution in [0.15, 0.2) is 35.5 Å². The number of Topliss-reactive ketones (excluding diaryl/α,β-unsaturated/α-hetero) is 1. The summed E-state index contributed by atoms with van der Waals surface area (Å²) < 4.78 is 1.97. The normalized spacial score (nSPS) is 19.7. The number of aryl methyl sites for hydroxylation is 1. The van der Waals surface area contributed by atoms with Crippen LogP contribution in [0.2, 0.25) is 0 Å². The number of urea groups is 1. The van der Waals surface area contributed by atoms with Gasteiger partial charge in [-0.1, -0.05) is 6.08 Å². The number of hydrogen-bond donors (Lipinski definition) is 1. The van der Waals surface area contributed by atoms with Crippen LogP contribution in [0.3, 0.4) is 0 Å². The molecule has 1 aliphatic rings. The van der Waals surface area contributed by atoms with E-state index in [4.69, 9.17) is 0 Å². The number of imide groups is 1. The summed E-state index contributed by atoms with van der Waals surface area (Å²) in [5, 5.41) is 6.39. The molecule has 1 N–H and O–H groups in total. The summed E-state index contributed by atoms with van der Waals surface area (Å²) in [6.45, 7) is 9.48. The van der Waals surface area contributed by atoms with Crippen LogP contribution in [0.25, 0.3) is 0 Å². The average molecular weight is 371 g/mol. The van der Waals surface area contributed by atoms with Gasteiger partial charge in [-0.05, 0) is 49.2 Å². The molecule has 7 heteroatoms. The number of amides is 3. The number of thiophene rings is 1. The van der Waals surface area contributed by atoms with Gasteiger partial charge >= 0.3 is 6.03 Å². The second-order valence-corrected chi connectivity index (χ2v) is 7.35. The van der Waals surface area contributed by atoms with Crippen molar-refractivity contribution in [3.63, 3.8) is 0 Å². The smallest absolute Gasteiger partial charge is 0.325 e. The Morgan fingerprint density at radius 3 is 2.73 bits per heavy atom. The molecule has 136 valence electrons. The minimum atomic E-state index is -1.13. The Kier molecular flexibility index (Phi) is 4.58. The van der Waals surface area contributed by atoms with Gasteiger partial charge < -0.3 is 9.88 Å². The Morgan fingerprint density at radius 1 is 1.38 bits per heavy atom. The first kappa shape index (κ1) is 18.1. The Morgan fingerprint density at radius 2 is 2.12 bits per heavy atom. The van der Waals surface area contributed by atoms with Crippen molar-refractivity contribution in [3.05, 3.63) is 58.1 Å². The van der Waals surface area contributed by atoms with Crippen LogP contribution in [-0.4, -0.2) is 33.7 Å². The van der Waals surface area contributed by atoms with Crippen molar-refractivity contribution < 1.29 is 14.4 Å². The Labute approximate surface area is 156 Å². The summed E-state index contributed by atoms with van der Waals surface area (Å²) >= 11 is 1.45. The number of carbonyl (C=O) groups is 3. The molecule has 1 aliphatic heterocycles. The first-order valence-electron chi connectivity index (χ1n) is 8.27. The lowest BCUT2D eigenvalue weighted by Gasteiger charge is -2.20. The number of rotatable bonds is 6. The van der Waals surface area contributed by atoms with E-state index in [-0.39, 0.29) is 12.3 Å². The number of carbonyl (C=O) groups excluding carboxylic acids is 3. The summed E-state index contributed by atoms with van der Waals surface area (Å²) in [6.07, 6.45) is 1.76. The van der Waals surface area contributed by atoms with Crippen molar-refractivity contribution in [1.29, 1.82) is 0 Å². The molecule has 0 saturated carbocycles. The highest BCUT2D eigenvalue weighted by molar-refractivity contribution is 7.08. The van der Waals surface area contributed by atoms with E-state index >= 15 is 0 Å². The van der Waals surface area contributed by atoms with Crippen LogP contribution >= 0.6 is 11.3 Å². The summed E-state index contributed by atoms with van der Waals surface area (Å²) in [7, 11) is 0. The Bertz CT molecular complexity index is 898. The van der Waals surface area contributed by atoms with Gasteiger partial charge in [-0.25, -0.2) is 4.79 Å². The van der Waals surface area contributed by atoms with Crippen molar-refractivity contribution >= 4 is 29.1 Å². The zero-order valence-corrected chi connectivity index (χ0v) is 15.9. The minimum Gasteiger partial charge on any atom is -0.345 e. The molecule has 2 aromatic rings. The maximum Gasteiger partial charge on any atom is 0.325 e. The molecular formula is C19H21N3O3S. The van der Waals surface area contributed by atoms with Crippen LogP contribution in [0.1, 0.15) is 34.2 Å². The minimum absolute atomic E-state index is 0.258. The maximum atomic E-state index is 12.8. The van der Waals surface area contributed by atoms with E-state index in [2.05, 4.69) is 11.9 Å². The fourth-order valence-corrected chi connectivity index (χ4v) is 4.07. The van der Waals surface area contributed by atoms with Crippen molar-refractivity contribution in [3.8, 4) is 0 Å². The third-order valence-electron chi connectivity index (χ3n) is 4.86. The third kappa shape index (κ3) is 2.78. The van der Waals surface area contributed by atoms with E-state index in [1.54, 1.807) is 25.1 Å². The van der Waals surface area contributed by atoms with E-state index < -0.39 is 17.5 Å². The molecule has 0 spiro atoms. The molecule has 2 aromatic heterocycles. The summed E-state index contributed by atoms with van der Waals surface area (Å²) in [5.41, 5.74) is 1.86. The van der Waals surface area contributed by atoms with Crippen molar-refractivity contribution in [2.75, 3.05) is 6.54 Å². The van der Waals surface area contributed by atoms with E-state index in [0.717, 1.165) is 21.9 Å². The molecule has 6 nitrogen and oxygen atoms in total. The molecule has 0 aliphatic carbocycles. The molecule has 1 fully saturated rings. The molecule has 1 saturated heterocycles. The quantitative estimate of drug-likeness (QED) is 0.482. The highest BCUT2D eigenvalue weighted by atomic mass is 32.1. The second kappa shape index (κ2) is 6.57. The molecule has 26 heavy (non-hydrogen) atoms. The lowest BCUT2D eigenvalue weighted by Crippen LogP contribution is -2.41. The van der Waals surface area contributed by atoms with Gasteiger partial charge in [-0.3, -0.25) is 14.5 Å². The number of hydrogen-bond acceptors (Lipinski definition) is 4. The second-order valence-electron chi connectivity index (χ2n) is 6.57. The largest absolute Gasteiger partial charge is 0.345 e. The van der Waals surface area contributed by atoms with Gasteiger partial charge in [0.25, 0.3) is 5.91 Å². The molecular weight excluding hydrogens is 350 g/mol. The molecule has 3 heterocycles. The van der Waals surface area contributed by atoms with Gasteiger partial charge in [0.05, 0.1) is 6.54 Å². The fraction of sp³-hybridized carbons (Fsp3) is 0.316. The summed E-state index contributed by atoms with van der Waals surface area (Å²) in [6, 6.07) is 3.05. The number of ketones is 1. The Hall–Kier alpha value is -2.67. The van der Waals surface area contributed by atoms with Gasteiger partial charge in [0.1, 0.15) is 5.54 Å². The van der Waals surface area contributed by atoms with Gasteiger partial charge in [-0.2, -0.15) is 11.3 Å². The molecule has 0 aromatic carbocycles. The van der Waals surface area contributed by atoms with Crippen LogP contribution in [0, 0.1) is 13.8 Å². The first-order valence-corrected chi connectivity index (χ1v) is 9.21. The summed E-state index contributed by atoms with van der Waals surface area (Å²) in [5.74, 6) is -0.666. The maximum absolute atomic E-state index is 12.8. The third-order valence-corrected chi connectivity index (χ3v) is 5.54. The van der Waals surface area contributed by atoms with Crippen LogP contribution in [0.5, 0.6) is 0 Å². The lowest BCUT2D eigenvalue weighted by molar-refractivity contribution is -0.130. The highest BCUT2D eigenvalue weighted by Gasteiger charge is 2.49. The molecule has 1 unspecified atom stereocenters. The average Bonchev–Trinajstić information content (AvgIpc) is 3.27. The van der Waals surface area contributed by atoms with Crippen LogP contribution in [-0.2, 0) is 16.9 Å². The standard InChI is InChI=1S/C19H21N3O3S/c1-5-7-21-12(2)9-15(13(21)3)16(23)10-22-17(24)19(4,20-18(22)25)14-6-8-26-11-14/h5-6,8-9,11H,1,7,10H2,2-4H3,(H,20,25). The summed E-state index contributed by atoms with van der Waals surface area (Å²) in [4.78, 5) is 39.0. The van der Waals surface area contributed by atoms with Crippen LogP contribution in [0.4, 0.5) is 4.79 Å². The van der Waals surface area contributed by atoms with Gasteiger partial charge in [0, 0.05) is 23.5 Å². The highest BCUT2D eigenvalue weighted by Crippen LogP contribution is 2.30. The van der Waals surface area contributed by atoms with Gasteiger partial charge in [0.2, 0.25) is 0 Å². The molecule has 3 rings (SSSR count). The van der Waals surface area contributed by atoms with Crippen molar-refractivity contribution in [2.24, 2.45) is 0 Å². The zero-order valence-electron chi connectivity index (χ0n) is 15.0. The SMILES string of the molecule is C=CCn1c(C)cc(C(=O)CN2C(=O)NC(C)(c3ccsc3)C2=O)c1C. The number of nitrogens with zero attached hydrogens (tertiary/aromatic N) is 2. The topological polar surface area (TPSA) is 71.4 Å². The van der Waals surface area contributed by atoms with Gasteiger partial charge in [0.15, 0.2) is 5.78 Å². The van der Waals surface area contributed by atoms with E-state index in [9.17, 15) is 14.4 Å². The first-order chi connectivity index (χ1) is 12.3. The lowest BCUT2D eigenvalue weighted by atomic mass is 9.95. The van der Waals surface area contributed by atoms with Gasteiger partial charge in [-0.15, -0.1) is 6.58 Å².